The fraction of sp³-hybridized carbons (Fsp3) is 0.462. The number of carbonyl (C=O) groups excluding carboxylic acids is 1. The summed E-state index contributed by atoms with van der Waals surface area (Å²) in [5.41, 5.74) is 1.03. The molecule has 3 nitrogen and oxygen atoms in total. The van der Waals surface area contributed by atoms with Gasteiger partial charge in [-0.25, -0.2) is 4.39 Å². The molecule has 5 heteroatoms. The SMILES string of the molecule is O=C(NCCc1ccc(F)cc1)C1CSCCN1. The molecule has 1 aliphatic rings. The van der Waals surface area contributed by atoms with Gasteiger partial charge in [0.05, 0.1) is 6.04 Å². The van der Waals surface area contributed by atoms with Crippen LogP contribution < -0.4 is 10.6 Å². The van der Waals surface area contributed by atoms with Gasteiger partial charge < -0.3 is 10.6 Å². The smallest absolute Gasteiger partial charge is 0.238 e. The number of halogens is 1. The Morgan fingerprint density at radius 2 is 2.22 bits per heavy atom. The van der Waals surface area contributed by atoms with Gasteiger partial charge in [0.1, 0.15) is 5.82 Å². The van der Waals surface area contributed by atoms with Crippen LogP contribution in [-0.4, -0.2) is 36.5 Å². The highest BCUT2D eigenvalue weighted by Crippen LogP contribution is 2.07. The third-order valence-corrected chi connectivity index (χ3v) is 3.93. The first-order chi connectivity index (χ1) is 8.75. The molecule has 2 N–H and O–H groups in total. The minimum atomic E-state index is -0.230. The van der Waals surface area contributed by atoms with Gasteiger partial charge in [0, 0.05) is 24.6 Å². The van der Waals surface area contributed by atoms with Gasteiger partial charge in [0.15, 0.2) is 0 Å². The molecule has 0 radical (unpaired) electrons. The van der Waals surface area contributed by atoms with Crippen molar-refractivity contribution in [3.05, 3.63) is 35.6 Å². The topological polar surface area (TPSA) is 41.1 Å². The molecule has 1 atom stereocenters. The summed E-state index contributed by atoms with van der Waals surface area (Å²) in [6.45, 7) is 1.48. The van der Waals surface area contributed by atoms with Crippen molar-refractivity contribution in [2.24, 2.45) is 0 Å². The van der Waals surface area contributed by atoms with Crippen molar-refractivity contribution in [3.63, 3.8) is 0 Å². The van der Waals surface area contributed by atoms with E-state index in [1.807, 2.05) is 0 Å². The number of nitrogens with one attached hydrogen (secondary N) is 2. The Hall–Kier alpha value is -1.07. The van der Waals surface area contributed by atoms with Gasteiger partial charge in [-0.3, -0.25) is 4.79 Å². The van der Waals surface area contributed by atoms with Crippen LogP contribution >= 0.6 is 11.8 Å². The highest BCUT2D eigenvalue weighted by Gasteiger charge is 2.19. The first-order valence-electron chi connectivity index (χ1n) is 6.09. The largest absolute Gasteiger partial charge is 0.354 e. The quantitative estimate of drug-likeness (QED) is 0.862. The fourth-order valence-electron chi connectivity index (χ4n) is 1.84. The number of hydrogen-bond donors (Lipinski definition) is 2. The number of benzene rings is 1. The van der Waals surface area contributed by atoms with E-state index < -0.39 is 0 Å². The van der Waals surface area contributed by atoms with Gasteiger partial charge in [0.2, 0.25) is 5.91 Å². The summed E-state index contributed by atoms with van der Waals surface area (Å²) in [6, 6.07) is 6.30. The molecule has 1 heterocycles. The molecular weight excluding hydrogens is 251 g/mol. The van der Waals surface area contributed by atoms with Gasteiger partial charge >= 0.3 is 0 Å². The molecule has 1 amide bonds. The molecule has 1 aromatic rings. The zero-order chi connectivity index (χ0) is 12.8. The van der Waals surface area contributed by atoms with Crippen LogP contribution in [0.2, 0.25) is 0 Å². The lowest BCUT2D eigenvalue weighted by Crippen LogP contribution is -2.49. The molecule has 1 saturated heterocycles. The second-order valence-electron chi connectivity index (χ2n) is 4.25. The third-order valence-electron chi connectivity index (χ3n) is 2.86. The molecule has 0 bridgehead atoms. The summed E-state index contributed by atoms with van der Waals surface area (Å²) in [7, 11) is 0. The molecule has 2 rings (SSSR count). The molecule has 1 aliphatic heterocycles. The maximum absolute atomic E-state index is 12.7. The van der Waals surface area contributed by atoms with E-state index in [-0.39, 0.29) is 17.8 Å². The van der Waals surface area contributed by atoms with E-state index in [1.54, 1.807) is 23.9 Å². The van der Waals surface area contributed by atoms with E-state index in [9.17, 15) is 9.18 Å². The van der Waals surface area contributed by atoms with Crippen molar-refractivity contribution < 1.29 is 9.18 Å². The Labute approximate surface area is 111 Å². The lowest BCUT2D eigenvalue weighted by molar-refractivity contribution is -0.122. The summed E-state index contributed by atoms with van der Waals surface area (Å²) < 4.78 is 12.7. The summed E-state index contributed by atoms with van der Waals surface area (Å²) in [5.74, 6) is 1.73. The van der Waals surface area contributed by atoms with Crippen LogP contribution in [0.4, 0.5) is 4.39 Å². The second kappa shape index (κ2) is 6.75. The van der Waals surface area contributed by atoms with Gasteiger partial charge in [-0.1, -0.05) is 12.1 Å². The van der Waals surface area contributed by atoms with Gasteiger partial charge in [-0.2, -0.15) is 11.8 Å². The van der Waals surface area contributed by atoms with Crippen molar-refractivity contribution >= 4 is 17.7 Å². The number of thioether (sulfide) groups is 1. The fourth-order valence-corrected chi connectivity index (χ4v) is 2.77. The van der Waals surface area contributed by atoms with Crippen LogP contribution in [0.1, 0.15) is 5.56 Å². The molecule has 98 valence electrons. The summed E-state index contributed by atoms with van der Waals surface area (Å²) in [6.07, 6.45) is 0.728. The van der Waals surface area contributed by atoms with Crippen LogP contribution in [0.5, 0.6) is 0 Å². The lowest BCUT2D eigenvalue weighted by atomic mass is 10.1. The molecule has 0 saturated carbocycles. The molecular formula is C13H17FN2OS. The van der Waals surface area contributed by atoms with Crippen LogP contribution in [0.3, 0.4) is 0 Å². The van der Waals surface area contributed by atoms with Gasteiger partial charge in [-0.15, -0.1) is 0 Å². The Balaban J connectivity index is 1.71. The Bertz CT molecular complexity index is 390. The highest BCUT2D eigenvalue weighted by atomic mass is 32.2. The summed E-state index contributed by atoms with van der Waals surface area (Å²) >= 11 is 1.80. The third kappa shape index (κ3) is 3.99. The van der Waals surface area contributed by atoms with E-state index >= 15 is 0 Å². The molecule has 0 spiro atoms. The molecule has 18 heavy (non-hydrogen) atoms. The van der Waals surface area contributed by atoms with Crippen LogP contribution in [0, 0.1) is 5.82 Å². The Morgan fingerprint density at radius 3 is 2.89 bits per heavy atom. The summed E-state index contributed by atoms with van der Waals surface area (Å²) in [5, 5.41) is 6.10. The van der Waals surface area contributed by atoms with E-state index in [4.69, 9.17) is 0 Å². The lowest BCUT2D eigenvalue weighted by Gasteiger charge is -2.22. The highest BCUT2D eigenvalue weighted by molar-refractivity contribution is 7.99. The number of hydrogen-bond acceptors (Lipinski definition) is 3. The van der Waals surface area contributed by atoms with Crippen LogP contribution in [0.25, 0.3) is 0 Å². The molecule has 1 fully saturated rings. The van der Waals surface area contributed by atoms with Crippen molar-refractivity contribution in [3.8, 4) is 0 Å². The monoisotopic (exact) mass is 268 g/mol. The number of rotatable bonds is 4. The van der Waals surface area contributed by atoms with Gasteiger partial charge in [-0.05, 0) is 24.1 Å². The summed E-state index contributed by atoms with van der Waals surface area (Å²) in [4.78, 5) is 11.8. The van der Waals surface area contributed by atoms with Crippen LogP contribution in [-0.2, 0) is 11.2 Å². The predicted octanol–water partition coefficient (Wildman–Crippen LogP) is 1.19. The Kier molecular flexibility index (Phi) is 5.01. The van der Waals surface area contributed by atoms with E-state index in [0.29, 0.717) is 6.54 Å². The minimum absolute atomic E-state index is 0.0595. The van der Waals surface area contributed by atoms with E-state index in [2.05, 4.69) is 10.6 Å². The first-order valence-corrected chi connectivity index (χ1v) is 7.24. The van der Waals surface area contributed by atoms with Crippen molar-refractivity contribution in [1.82, 2.24) is 10.6 Å². The molecule has 0 aliphatic carbocycles. The van der Waals surface area contributed by atoms with E-state index in [0.717, 1.165) is 30.0 Å². The van der Waals surface area contributed by atoms with Gasteiger partial charge in [0.25, 0.3) is 0 Å². The van der Waals surface area contributed by atoms with Crippen molar-refractivity contribution in [2.45, 2.75) is 12.5 Å². The van der Waals surface area contributed by atoms with Crippen LogP contribution in [0.15, 0.2) is 24.3 Å². The van der Waals surface area contributed by atoms with E-state index in [1.165, 1.54) is 12.1 Å². The minimum Gasteiger partial charge on any atom is -0.354 e. The zero-order valence-corrected chi connectivity index (χ0v) is 10.9. The number of amides is 1. The first kappa shape index (κ1) is 13.4. The molecule has 1 unspecified atom stereocenters. The second-order valence-corrected chi connectivity index (χ2v) is 5.40. The maximum Gasteiger partial charge on any atom is 0.238 e. The normalized spacial score (nSPS) is 19.5. The Morgan fingerprint density at radius 1 is 1.44 bits per heavy atom. The maximum atomic E-state index is 12.7. The average Bonchev–Trinajstić information content (AvgIpc) is 2.42. The zero-order valence-electron chi connectivity index (χ0n) is 10.1. The number of carbonyl (C=O) groups is 1. The molecule has 1 aromatic carbocycles. The predicted molar refractivity (Wildman–Crippen MR) is 72.2 cm³/mol. The molecule has 0 aromatic heterocycles. The standard InChI is InChI=1S/C13H17FN2OS/c14-11-3-1-10(2-4-11)5-6-16-13(17)12-9-18-8-7-15-12/h1-4,12,15H,5-9H2,(H,16,17). The van der Waals surface area contributed by atoms with Crippen molar-refractivity contribution in [2.75, 3.05) is 24.6 Å². The average molecular weight is 268 g/mol. The van der Waals surface area contributed by atoms with Crippen molar-refractivity contribution in [1.29, 1.82) is 0 Å².